The zero-order valence-electron chi connectivity index (χ0n) is 3.57. The Balaban J connectivity index is 2.00. The van der Waals surface area contributed by atoms with Crippen LogP contribution in [0.15, 0.2) is 0 Å². The first-order chi connectivity index (χ1) is 3.00. The largest absolute Gasteiger partial charge is 0.299 e. The smallest absolute Gasteiger partial charge is 0.0869 e. The zero-order chi connectivity index (χ0) is 4.24. The van der Waals surface area contributed by atoms with Gasteiger partial charge in [0.1, 0.15) is 0 Å². The van der Waals surface area contributed by atoms with Gasteiger partial charge in [0.05, 0.1) is 6.67 Å². The van der Waals surface area contributed by atoms with Crippen LogP contribution in [0.25, 0.3) is 0 Å². The predicted octanol–water partition coefficient (Wildman–Crippen LogP) is -0.150. The highest BCUT2D eigenvalue weighted by atomic mass is 15.1. The van der Waals surface area contributed by atoms with E-state index in [0.717, 1.165) is 13.0 Å². The van der Waals surface area contributed by atoms with Crippen molar-refractivity contribution in [2.45, 2.75) is 6.42 Å². The molecule has 0 aromatic heterocycles. The molecule has 1 aliphatic heterocycles. The van der Waals surface area contributed by atoms with Gasteiger partial charge in [0.25, 0.3) is 0 Å². The summed E-state index contributed by atoms with van der Waals surface area (Å²) >= 11 is 0. The first-order valence-corrected chi connectivity index (χ1v) is 2.13. The van der Waals surface area contributed by atoms with Crippen molar-refractivity contribution in [1.82, 2.24) is 10.6 Å². The van der Waals surface area contributed by atoms with Gasteiger partial charge in [0, 0.05) is 6.54 Å². The van der Waals surface area contributed by atoms with Crippen LogP contribution >= 0.6 is 0 Å². The molecule has 0 aromatic rings. The minimum Gasteiger partial charge on any atom is -0.299 e. The van der Waals surface area contributed by atoms with Gasteiger partial charge in [-0.2, -0.15) is 0 Å². The molecule has 0 saturated carbocycles. The normalized spacial score (nSPS) is 24.0. The second kappa shape index (κ2) is 2.16. The van der Waals surface area contributed by atoms with E-state index in [4.69, 9.17) is 0 Å². The summed E-state index contributed by atoms with van der Waals surface area (Å²) in [5.41, 5.74) is 0. The molecule has 0 atom stereocenters. The van der Waals surface area contributed by atoms with Crippen LogP contribution in [-0.4, -0.2) is 6.54 Å². The summed E-state index contributed by atoms with van der Waals surface area (Å²) in [5, 5.41) is 5.94. The van der Waals surface area contributed by atoms with E-state index in [9.17, 15) is 0 Å². The van der Waals surface area contributed by atoms with Gasteiger partial charge in [-0.15, -0.1) is 0 Å². The highest BCUT2D eigenvalue weighted by Gasteiger charge is 1.93. The second-order valence-electron chi connectivity index (χ2n) is 1.26. The van der Waals surface area contributed by atoms with Crippen LogP contribution in [0.4, 0.5) is 0 Å². The molecular formula is C4H8N2. The minimum absolute atomic E-state index is 1.08. The zero-order valence-corrected chi connectivity index (χ0v) is 3.57. The average molecular weight is 84.1 g/mol. The molecule has 2 heteroatoms. The monoisotopic (exact) mass is 84.1 g/mol. The lowest BCUT2D eigenvalue weighted by Gasteiger charge is -2.09. The molecule has 0 spiro atoms. The maximum atomic E-state index is 3.02. The van der Waals surface area contributed by atoms with Gasteiger partial charge >= 0.3 is 0 Å². The molecule has 2 radical (unpaired) electrons. The topological polar surface area (TPSA) is 24.1 Å². The molecule has 1 fully saturated rings. The molecule has 0 amide bonds. The van der Waals surface area contributed by atoms with Gasteiger partial charge in [-0.1, -0.05) is 0 Å². The van der Waals surface area contributed by atoms with Crippen molar-refractivity contribution in [3.8, 4) is 0 Å². The minimum atomic E-state index is 1.08. The van der Waals surface area contributed by atoms with Crippen LogP contribution in [0.3, 0.4) is 0 Å². The van der Waals surface area contributed by atoms with Crippen molar-refractivity contribution in [2.75, 3.05) is 6.54 Å². The standard InChI is InChI=1S/C4H8N2/c1-2-5-4-6-3-1/h2,4-6H,1,3H2. The summed E-state index contributed by atoms with van der Waals surface area (Å²) in [6.07, 6.45) is 1.12. The fraction of sp³-hybridized carbons (Fsp3) is 0.500. The molecule has 1 saturated heterocycles. The lowest BCUT2D eigenvalue weighted by Crippen LogP contribution is -2.28. The molecular weight excluding hydrogens is 76.1 g/mol. The molecule has 0 aromatic carbocycles. The summed E-state index contributed by atoms with van der Waals surface area (Å²) in [6.45, 7) is 4.94. The van der Waals surface area contributed by atoms with Crippen molar-refractivity contribution >= 4 is 0 Å². The SMILES string of the molecule is [CH]1CCN[CH]N1. The molecule has 0 bridgehead atoms. The Morgan fingerprint density at radius 2 is 2.50 bits per heavy atom. The van der Waals surface area contributed by atoms with Gasteiger partial charge in [-0.25, -0.2) is 0 Å². The first-order valence-electron chi connectivity index (χ1n) is 2.13. The Morgan fingerprint density at radius 3 is 2.67 bits per heavy atom. The van der Waals surface area contributed by atoms with Crippen molar-refractivity contribution < 1.29 is 0 Å². The van der Waals surface area contributed by atoms with E-state index in [1.54, 1.807) is 0 Å². The Hall–Kier alpha value is -0.0800. The van der Waals surface area contributed by atoms with Gasteiger partial charge in [0.15, 0.2) is 0 Å². The fourth-order valence-electron chi connectivity index (χ4n) is 0.429. The van der Waals surface area contributed by atoms with Crippen LogP contribution < -0.4 is 10.6 Å². The van der Waals surface area contributed by atoms with Gasteiger partial charge in [-0.3, -0.25) is 10.6 Å². The van der Waals surface area contributed by atoms with Crippen molar-refractivity contribution in [3.63, 3.8) is 0 Å². The van der Waals surface area contributed by atoms with E-state index in [-0.39, 0.29) is 0 Å². The van der Waals surface area contributed by atoms with Crippen molar-refractivity contribution in [2.24, 2.45) is 0 Å². The Morgan fingerprint density at radius 1 is 1.50 bits per heavy atom. The van der Waals surface area contributed by atoms with Crippen molar-refractivity contribution in [1.29, 1.82) is 0 Å². The molecule has 1 heterocycles. The lowest BCUT2D eigenvalue weighted by molar-refractivity contribution is 0.625. The van der Waals surface area contributed by atoms with Gasteiger partial charge < -0.3 is 0 Å². The molecule has 2 nitrogen and oxygen atoms in total. The Bertz CT molecular complexity index is 21.0. The Labute approximate surface area is 37.9 Å². The molecule has 34 valence electrons. The lowest BCUT2D eigenvalue weighted by atomic mass is 10.4. The third-order valence-electron chi connectivity index (χ3n) is 0.736. The van der Waals surface area contributed by atoms with E-state index in [1.165, 1.54) is 0 Å². The summed E-state index contributed by atoms with van der Waals surface area (Å²) in [6, 6.07) is 0. The number of hydrogen-bond acceptors (Lipinski definition) is 2. The predicted molar refractivity (Wildman–Crippen MR) is 24.4 cm³/mol. The van der Waals surface area contributed by atoms with Crippen LogP contribution in [-0.2, 0) is 0 Å². The number of hydrogen-bond donors (Lipinski definition) is 2. The molecule has 0 unspecified atom stereocenters. The maximum Gasteiger partial charge on any atom is 0.0869 e. The van der Waals surface area contributed by atoms with E-state index < -0.39 is 0 Å². The second-order valence-corrected chi connectivity index (χ2v) is 1.26. The third-order valence-corrected chi connectivity index (χ3v) is 0.736. The highest BCUT2D eigenvalue weighted by molar-refractivity contribution is 4.75. The van der Waals surface area contributed by atoms with Crippen LogP contribution in [0.2, 0.25) is 0 Å². The summed E-state index contributed by atoms with van der Waals surface area (Å²) in [4.78, 5) is 0. The van der Waals surface area contributed by atoms with E-state index in [2.05, 4.69) is 10.6 Å². The molecule has 2 N–H and O–H groups in total. The fourth-order valence-corrected chi connectivity index (χ4v) is 0.429. The quantitative estimate of drug-likeness (QED) is 0.426. The van der Waals surface area contributed by atoms with Gasteiger partial charge in [0.2, 0.25) is 0 Å². The molecule has 6 heavy (non-hydrogen) atoms. The van der Waals surface area contributed by atoms with Crippen molar-refractivity contribution in [3.05, 3.63) is 13.2 Å². The Kier molecular flexibility index (Phi) is 1.47. The van der Waals surface area contributed by atoms with Gasteiger partial charge in [-0.05, 0) is 13.0 Å². The summed E-state index contributed by atoms with van der Waals surface area (Å²) < 4.78 is 0. The molecule has 1 aliphatic rings. The first kappa shape index (κ1) is 4.09. The van der Waals surface area contributed by atoms with E-state index in [0.29, 0.717) is 0 Å². The van der Waals surface area contributed by atoms with E-state index in [1.807, 2.05) is 13.2 Å². The number of nitrogens with one attached hydrogen (secondary N) is 2. The van der Waals surface area contributed by atoms with E-state index >= 15 is 0 Å². The average Bonchev–Trinajstić information content (AvgIpc) is 1.72. The summed E-state index contributed by atoms with van der Waals surface area (Å²) in [5.74, 6) is 0. The number of rotatable bonds is 0. The molecule has 0 aliphatic carbocycles. The van der Waals surface area contributed by atoms with Crippen LogP contribution in [0, 0.1) is 13.2 Å². The van der Waals surface area contributed by atoms with Crippen LogP contribution in [0.5, 0.6) is 0 Å². The summed E-state index contributed by atoms with van der Waals surface area (Å²) in [7, 11) is 0. The maximum absolute atomic E-state index is 3.02. The highest BCUT2D eigenvalue weighted by Crippen LogP contribution is 1.84. The third kappa shape index (κ3) is 0.954. The van der Waals surface area contributed by atoms with Crippen LogP contribution in [0.1, 0.15) is 6.42 Å². The molecule has 1 rings (SSSR count).